The first-order chi connectivity index (χ1) is 33.0. The number of amides is 8. The summed E-state index contributed by atoms with van der Waals surface area (Å²) in [6.45, 7) is -0.283. The van der Waals surface area contributed by atoms with Gasteiger partial charge in [-0.15, -0.1) is 0 Å². The van der Waals surface area contributed by atoms with E-state index in [9.17, 15) is 53.4 Å². The number of nitrogens with one attached hydrogen (secondary N) is 5. The molecule has 3 aliphatic rings. The van der Waals surface area contributed by atoms with Crippen LogP contribution in [0.3, 0.4) is 0 Å². The Morgan fingerprint density at radius 1 is 0.710 bits per heavy atom. The predicted octanol–water partition coefficient (Wildman–Crippen LogP) is -4.23. The summed E-state index contributed by atoms with van der Waals surface area (Å²) in [5.74, 6) is -6.88. The van der Waals surface area contributed by atoms with Gasteiger partial charge in [0.2, 0.25) is 47.3 Å². The lowest BCUT2D eigenvalue weighted by Crippen LogP contribution is -2.59. The summed E-state index contributed by atoms with van der Waals surface area (Å²) in [7, 11) is 0. The molecule has 0 bridgehead atoms. The summed E-state index contributed by atoms with van der Waals surface area (Å²) < 4.78 is 0. The first kappa shape index (κ1) is 55.5. The summed E-state index contributed by atoms with van der Waals surface area (Å²) in [5, 5.41) is 32.4. The molecule has 69 heavy (non-hydrogen) atoms. The van der Waals surface area contributed by atoms with Gasteiger partial charge in [0.1, 0.15) is 42.3 Å². The van der Waals surface area contributed by atoms with Crippen molar-refractivity contribution in [3.8, 4) is 0 Å². The van der Waals surface area contributed by atoms with Gasteiger partial charge in [0, 0.05) is 38.4 Å². The van der Waals surface area contributed by atoms with Crippen molar-refractivity contribution >= 4 is 71.8 Å². The predicted molar refractivity (Wildman–Crippen MR) is 254 cm³/mol. The van der Waals surface area contributed by atoms with Crippen LogP contribution in [0.2, 0.25) is 0 Å². The van der Waals surface area contributed by atoms with E-state index in [-0.39, 0.29) is 63.6 Å². The molecule has 3 fully saturated rings. The van der Waals surface area contributed by atoms with Crippen LogP contribution in [0.4, 0.5) is 0 Å². The maximum Gasteiger partial charge on any atom is 0.327 e. The third-order valence-electron chi connectivity index (χ3n) is 12.3. The summed E-state index contributed by atoms with van der Waals surface area (Å²) in [6, 6.07) is -0.415. The number of aliphatic carboxylic acids is 1. The van der Waals surface area contributed by atoms with Gasteiger partial charge in [-0.05, 0) is 76.3 Å². The number of unbranched alkanes of at least 4 members (excludes halogenated alkanes) is 1. The molecule has 24 nitrogen and oxygen atoms in total. The second-order valence-corrected chi connectivity index (χ2v) is 17.7. The SMILES string of the molecule is NCCCC[C@H](N)C(=O)N[C@@H](CCCN=C(N)N)C(=O)N1CCC[C@H]1C(=O)N1CCC[C@H]1C(=O)NCC(=O)N[C@@H](Cc1ccccc1)C(=O)N[C@@H](CO)C(=O)N1CCC[C@H]1C(=O)N[C@@H](CS)C(=O)O. The quantitative estimate of drug-likeness (QED) is 0.0181. The number of aliphatic hydroxyl groups excluding tert-OH is 1. The van der Waals surface area contributed by atoms with Crippen molar-refractivity contribution in [2.45, 2.75) is 125 Å². The molecule has 0 aliphatic carbocycles. The molecule has 8 atom stereocenters. The molecular formula is C44H69N13O11S. The highest BCUT2D eigenvalue weighted by atomic mass is 32.1. The summed E-state index contributed by atoms with van der Waals surface area (Å²) in [6.07, 6.45) is 4.26. The minimum absolute atomic E-state index is 0.0579. The molecule has 382 valence electrons. The van der Waals surface area contributed by atoms with Gasteiger partial charge in [-0.3, -0.25) is 43.3 Å². The van der Waals surface area contributed by atoms with Crippen LogP contribution in [-0.4, -0.2) is 184 Å². The van der Waals surface area contributed by atoms with Gasteiger partial charge in [0.05, 0.1) is 19.2 Å². The monoisotopic (exact) mass is 987 g/mol. The molecular weight excluding hydrogens is 919 g/mol. The van der Waals surface area contributed by atoms with Crippen LogP contribution in [0.5, 0.6) is 0 Å². The molecule has 1 aromatic carbocycles. The number of nitrogens with two attached hydrogens (primary N) is 4. The molecule has 0 radical (unpaired) electrons. The molecule has 3 saturated heterocycles. The molecule has 3 aliphatic heterocycles. The third kappa shape index (κ3) is 16.3. The first-order valence-electron chi connectivity index (χ1n) is 23.4. The Labute approximate surface area is 406 Å². The zero-order valence-electron chi connectivity index (χ0n) is 38.8. The Kier molecular flexibility index (Phi) is 22.4. The molecule has 4 rings (SSSR count). The summed E-state index contributed by atoms with van der Waals surface area (Å²) in [4.78, 5) is 128. The van der Waals surface area contributed by atoms with Crippen LogP contribution in [0.15, 0.2) is 35.3 Å². The van der Waals surface area contributed by atoms with E-state index in [4.69, 9.17) is 22.9 Å². The van der Waals surface area contributed by atoms with Crippen LogP contribution in [0, 0.1) is 0 Å². The number of guanidine groups is 1. The van der Waals surface area contributed by atoms with E-state index in [0.29, 0.717) is 63.5 Å². The lowest BCUT2D eigenvalue weighted by Gasteiger charge is -2.33. The van der Waals surface area contributed by atoms with E-state index in [1.54, 1.807) is 30.3 Å². The van der Waals surface area contributed by atoms with Crippen molar-refractivity contribution in [3.63, 3.8) is 0 Å². The zero-order valence-corrected chi connectivity index (χ0v) is 39.7. The highest BCUT2D eigenvalue weighted by Crippen LogP contribution is 2.26. The van der Waals surface area contributed by atoms with Gasteiger partial charge in [0.15, 0.2) is 5.96 Å². The lowest BCUT2D eigenvalue weighted by atomic mass is 10.0. The molecule has 0 saturated carbocycles. The smallest absolute Gasteiger partial charge is 0.327 e. The normalized spacial score (nSPS) is 19.9. The highest BCUT2D eigenvalue weighted by molar-refractivity contribution is 7.80. The van der Waals surface area contributed by atoms with Crippen molar-refractivity contribution in [1.82, 2.24) is 41.3 Å². The number of hydrogen-bond donors (Lipinski definition) is 12. The van der Waals surface area contributed by atoms with Gasteiger partial charge in [0.25, 0.3) is 0 Å². The van der Waals surface area contributed by atoms with E-state index in [0.717, 1.165) is 4.90 Å². The first-order valence-corrected chi connectivity index (χ1v) is 24.0. The fourth-order valence-electron chi connectivity index (χ4n) is 8.67. The number of nitrogens with zero attached hydrogens (tertiary/aromatic N) is 4. The average molecular weight is 988 g/mol. The number of carboxylic acids is 1. The molecule has 1 aromatic rings. The number of aliphatic imine (C=N–C) groups is 1. The van der Waals surface area contributed by atoms with E-state index in [1.165, 1.54) is 9.80 Å². The number of carbonyl (C=O) groups is 9. The largest absolute Gasteiger partial charge is 0.480 e. The number of thiol groups is 1. The lowest BCUT2D eigenvalue weighted by molar-refractivity contribution is -0.148. The third-order valence-corrected chi connectivity index (χ3v) is 12.7. The van der Waals surface area contributed by atoms with Gasteiger partial charge in [-0.2, -0.15) is 12.6 Å². The van der Waals surface area contributed by atoms with Crippen LogP contribution < -0.4 is 49.5 Å². The number of aliphatic hydroxyl groups is 1. The van der Waals surface area contributed by atoms with Crippen molar-refractivity contribution in [2.75, 3.05) is 51.6 Å². The number of carbonyl (C=O) groups excluding carboxylic acids is 8. The second-order valence-electron chi connectivity index (χ2n) is 17.3. The number of carboxylic acid groups (broad SMARTS) is 1. The van der Waals surface area contributed by atoms with Crippen molar-refractivity contribution < 1.29 is 53.4 Å². The van der Waals surface area contributed by atoms with E-state index < -0.39 is 115 Å². The van der Waals surface area contributed by atoms with Crippen LogP contribution in [0.1, 0.15) is 76.2 Å². The van der Waals surface area contributed by atoms with Crippen LogP contribution in [-0.2, 0) is 49.6 Å². The average Bonchev–Trinajstić information content (AvgIpc) is 4.14. The Hall–Kier alpha value is -6.05. The van der Waals surface area contributed by atoms with Crippen molar-refractivity contribution in [3.05, 3.63) is 35.9 Å². The van der Waals surface area contributed by atoms with E-state index >= 15 is 0 Å². The molecule has 8 amide bonds. The van der Waals surface area contributed by atoms with E-state index in [2.05, 4.69) is 44.2 Å². The van der Waals surface area contributed by atoms with Gasteiger partial charge < -0.3 is 74.4 Å². The second kappa shape index (κ2) is 27.8. The molecule has 0 aromatic heterocycles. The Morgan fingerprint density at radius 3 is 1.91 bits per heavy atom. The number of rotatable bonds is 26. The van der Waals surface area contributed by atoms with Crippen LogP contribution in [0.25, 0.3) is 0 Å². The minimum atomic E-state index is -1.53. The molecule has 3 heterocycles. The Morgan fingerprint density at radius 2 is 1.30 bits per heavy atom. The van der Waals surface area contributed by atoms with Crippen molar-refractivity contribution in [1.29, 1.82) is 0 Å². The van der Waals surface area contributed by atoms with Gasteiger partial charge in [-0.25, -0.2) is 4.79 Å². The van der Waals surface area contributed by atoms with Crippen molar-refractivity contribution in [2.24, 2.45) is 27.9 Å². The fourth-order valence-corrected chi connectivity index (χ4v) is 8.91. The number of benzene rings is 1. The molecule has 15 N–H and O–H groups in total. The van der Waals surface area contributed by atoms with Gasteiger partial charge >= 0.3 is 5.97 Å². The van der Waals surface area contributed by atoms with Crippen LogP contribution >= 0.6 is 12.6 Å². The minimum Gasteiger partial charge on any atom is -0.480 e. The summed E-state index contributed by atoms with van der Waals surface area (Å²) in [5.41, 5.74) is 23.3. The Balaban J connectivity index is 1.40. The maximum atomic E-state index is 14.2. The zero-order chi connectivity index (χ0) is 50.6. The highest BCUT2D eigenvalue weighted by Gasteiger charge is 2.44. The standard InChI is InChI=1S/C44H69N13O11S/c45-17-5-4-12-27(46)36(60)52-28(13-6-18-49-44(47)48)40(64)57-21-9-16-34(57)42(66)56-20-7-14-32(56)38(62)50-23-35(59)51-29(22-26-10-2-1-3-11-26)37(61)53-30(24-58)41(65)55-19-8-15-33(55)39(63)54-31(25-69)43(67)68/h1-3,10-11,27-34,58,69H,4-9,12-25,45-46H2,(H,50,62)(H,51,59)(H,52,60)(H,53,61)(H,54,63)(H,67,68)(H4,47,48,49)/t27-,28-,29-,30-,31-,32-,33-,34-/m0/s1. The molecule has 0 unspecified atom stereocenters. The molecule has 0 spiro atoms. The fraction of sp³-hybridized carbons (Fsp3) is 0.636. The topological polar surface area (TPSA) is 380 Å². The maximum absolute atomic E-state index is 14.2. The number of hydrogen-bond acceptors (Lipinski definition) is 14. The van der Waals surface area contributed by atoms with E-state index in [1.807, 2.05) is 0 Å². The van der Waals surface area contributed by atoms with Gasteiger partial charge in [-0.1, -0.05) is 36.8 Å². The molecule has 25 heteroatoms. The number of likely N-dealkylation sites (tertiary alicyclic amines) is 3. The summed E-state index contributed by atoms with van der Waals surface area (Å²) >= 11 is 3.96. The Bertz CT molecular complexity index is 2000.